The molecule has 0 aromatic carbocycles. The lowest BCUT2D eigenvalue weighted by Gasteiger charge is -2.18. The zero-order valence-corrected chi connectivity index (χ0v) is 46.9. The summed E-state index contributed by atoms with van der Waals surface area (Å²) in [6.45, 7) is 6.44. The number of esters is 3. The fourth-order valence-electron chi connectivity index (χ4n) is 7.99. The van der Waals surface area contributed by atoms with Crippen molar-refractivity contribution in [3.05, 3.63) is 109 Å². The highest BCUT2D eigenvalue weighted by molar-refractivity contribution is 5.71. The Morgan fingerprint density at radius 2 is 0.556 bits per heavy atom. The number of carbonyl (C=O) groups excluding carboxylic acids is 3. The third-order valence-electron chi connectivity index (χ3n) is 12.5. The highest BCUT2D eigenvalue weighted by Gasteiger charge is 2.19. The van der Waals surface area contributed by atoms with Gasteiger partial charge in [0.15, 0.2) is 6.10 Å². The maximum absolute atomic E-state index is 12.9. The van der Waals surface area contributed by atoms with Crippen molar-refractivity contribution in [1.82, 2.24) is 0 Å². The van der Waals surface area contributed by atoms with Crippen molar-refractivity contribution in [3.63, 3.8) is 0 Å². The zero-order chi connectivity index (χ0) is 52.2. The molecule has 0 rings (SSSR count). The van der Waals surface area contributed by atoms with Crippen molar-refractivity contribution >= 4 is 17.9 Å². The van der Waals surface area contributed by atoms with Gasteiger partial charge in [0.05, 0.1) is 0 Å². The number of hydrogen-bond donors (Lipinski definition) is 0. The molecule has 0 aromatic rings. The van der Waals surface area contributed by atoms with Crippen LogP contribution in [0.1, 0.15) is 271 Å². The first-order valence-electron chi connectivity index (χ1n) is 29.9. The van der Waals surface area contributed by atoms with E-state index in [0.717, 1.165) is 141 Å². The highest BCUT2D eigenvalue weighted by Crippen LogP contribution is 2.14. The third-order valence-corrected chi connectivity index (χ3v) is 12.5. The van der Waals surface area contributed by atoms with E-state index in [1.54, 1.807) is 0 Å². The summed E-state index contributed by atoms with van der Waals surface area (Å²) >= 11 is 0. The van der Waals surface area contributed by atoms with Gasteiger partial charge in [-0.1, -0.05) is 239 Å². The molecule has 0 aliphatic heterocycles. The smallest absolute Gasteiger partial charge is 0.306 e. The largest absolute Gasteiger partial charge is 0.462 e. The summed E-state index contributed by atoms with van der Waals surface area (Å²) in [5.41, 5.74) is 0. The molecule has 0 heterocycles. The van der Waals surface area contributed by atoms with Crippen molar-refractivity contribution in [1.29, 1.82) is 0 Å². The fraction of sp³-hybridized carbons (Fsp3) is 0.682. The van der Waals surface area contributed by atoms with E-state index >= 15 is 0 Å². The lowest BCUT2D eigenvalue weighted by Crippen LogP contribution is -2.30. The molecule has 0 amide bonds. The summed E-state index contributed by atoms with van der Waals surface area (Å²) in [6, 6.07) is 0. The third kappa shape index (κ3) is 57.0. The van der Waals surface area contributed by atoms with Crippen molar-refractivity contribution in [2.24, 2.45) is 0 Å². The Morgan fingerprint density at radius 1 is 0.292 bits per heavy atom. The number of carbonyl (C=O) groups is 3. The van der Waals surface area contributed by atoms with Crippen LogP contribution < -0.4 is 0 Å². The standard InChI is InChI=1S/C66H110O6/c1-4-7-10-13-16-19-22-25-28-30-32-33-35-36-38-41-44-47-50-53-56-59-65(68)71-62-63(61-70-64(67)58-55-52-49-46-43-40-27-24-21-18-15-12-9-6-3)72-66(69)60-57-54-51-48-45-42-39-37-34-31-29-26-23-20-17-14-11-8-5-2/h7,10,15-20,24-29,32-34,37,63H,4-6,8-9,11-14,21-23,30-31,35-36,38-62H2,1-3H3/b10-7-,18-15-,19-16-,20-17-,27-24-,28-25-,29-26-,33-32-,37-34-. The Morgan fingerprint density at radius 3 is 0.889 bits per heavy atom. The zero-order valence-electron chi connectivity index (χ0n) is 46.9. The minimum absolute atomic E-state index is 0.0936. The van der Waals surface area contributed by atoms with Gasteiger partial charge in [0, 0.05) is 19.3 Å². The Bertz CT molecular complexity index is 1470. The van der Waals surface area contributed by atoms with E-state index < -0.39 is 6.10 Å². The van der Waals surface area contributed by atoms with Gasteiger partial charge in [-0.2, -0.15) is 0 Å². The summed E-state index contributed by atoms with van der Waals surface area (Å²) in [4.78, 5) is 38.2. The second kappa shape index (κ2) is 59.6. The number of unbranched alkanes of at least 4 members (excludes halogenated alkanes) is 24. The second-order valence-electron chi connectivity index (χ2n) is 19.5. The lowest BCUT2D eigenvalue weighted by molar-refractivity contribution is -0.167. The summed E-state index contributed by atoms with van der Waals surface area (Å²) in [5.74, 6) is -0.925. The quantitative estimate of drug-likeness (QED) is 0.0261. The lowest BCUT2D eigenvalue weighted by atomic mass is 10.1. The molecule has 0 fully saturated rings. The molecule has 6 nitrogen and oxygen atoms in total. The van der Waals surface area contributed by atoms with Gasteiger partial charge < -0.3 is 14.2 Å². The molecule has 1 unspecified atom stereocenters. The van der Waals surface area contributed by atoms with Crippen molar-refractivity contribution in [2.45, 2.75) is 277 Å². The van der Waals surface area contributed by atoms with Crippen LogP contribution in [0.15, 0.2) is 109 Å². The maximum atomic E-state index is 12.9. The molecular weight excluding hydrogens is 889 g/mol. The molecule has 410 valence electrons. The summed E-state index contributed by atoms with van der Waals surface area (Å²) < 4.78 is 16.9. The maximum Gasteiger partial charge on any atom is 0.306 e. The van der Waals surface area contributed by atoms with Crippen LogP contribution in [0.25, 0.3) is 0 Å². The summed E-state index contributed by atoms with van der Waals surface area (Å²) in [7, 11) is 0. The predicted molar refractivity (Wildman–Crippen MR) is 311 cm³/mol. The molecule has 6 heteroatoms. The molecule has 72 heavy (non-hydrogen) atoms. The molecule has 0 aliphatic carbocycles. The molecule has 0 saturated heterocycles. The molecular formula is C66H110O6. The van der Waals surface area contributed by atoms with Gasteiger partial charge >= 0.3 is 17.9 Å². The molecule has 0 aromatic heterocycles. The molecule has 0 bridgehead atoms. The van der Waals surface area contributed by atoms with Crippen molar-refractivity contribution < 1.29 is 28.6 Å². The van der Waals surface area contributed by atoms with Gasteiger partial charge in [-0.05, 0) is 122 Å². The van der Waals surface area contributed by atoms with Crippen LogP contribution >= 0.6 is 0 Å². The molecule has 1 atom stereocenters. The van der Waals surface area contributed by atoms with Gasteiger partial charge in [0.1, 0.15) is 13.2 Å². The van der Waals surface area contributed by atoms with Gasteiger partial charge in [-0.25, -0.2) is 0 Å². The Labute approximate surface area is 444 Å². The first-order valence-corrected chi connectivity index (χ1v) is 29.9. The molecule has 0 N–H and O–H groups in total. The molecule has 0 aliphatic rings. The Kier molecular flexibility index (Phi) is 56.4. The van der Waals surface area contributed by atoms with E-state index in [-0.39, 0.29) is 31.1 Å². The van der Waals surface area contributed by atoms with Crippen LogP contribution in [-0.4, -0.2) is 37.2 Å². The Hall–Kier alpha value is -3.93. The van der Waals surface area contributed by atoms with E-state index in [0.29, 0.717) is 19.3 Å². The minimum Gasteiger partial charge on any atom is -0.462 e. The molecule has 0 spiro atoms. The van der Waals surface area contributed by atoms with E-state index in [2.05, 4.69) is 130 Å². The first kappa shape index (κ1) is 68.1. The SMILES string of the molecule is CC/C=C\C/C=C\C/C=C\C/C=C\CCCCCCCCCCC(=O)OCC(COC(=O)CCCCCCC/C=C\C/C=C\CCCC)OC(=O)CCCCCCCC/C=C\C/C=C\C/C=C\CCCCC. The average molecular weight is 1000 g/mol. The van der Waals surface area contributed by atoms with E-state index in [4.69, 9.17) is 14.2 Å². The van der Waals surface area contributed by atoms with Crippen LogP contribution in [-0.2, 0) is 28.6 Å². The van der Waals surface area contributed by atoms with E-state index in [1.165, 1.54) is 89.9 Å². The van der Waals surface area contributed by atoms with Crippen LogP contribution in [0.2, 0.25) is 0 Å². The topological polar surface area (TPSA) is 78.9 Å². The van der Waals surface area contributed by atoms with Crippen LogP contribution in [0, 0.1) is 0 Å². The van der Waals surface area contributed by atoms with Crippen molar-refractivity contribution in [2.75, 3.05) is 13.2 Å². The normalized spacial score (nSPS) is 12.9. The number of hydrogen-bond acceptors (Lipinski definition) is 6. The molecule has 0 saturated carbocycles. The second-order valence-corrected chi connectivity index (χ2v) is 19.5. The number of ether oxygens (including phenoxy) is 3. The van der Waals surface area contributed by atoms with E-state index in [1.807, 2.05) is 0 Å². The average Bonchev–Trinajstić information content (AvgIpc) is 3.38. The number of rotatable bonds is 53. The van der Waals surface area contributed by atoms with Crippen LogP contribution in [0.3, 0.4) is 0 Å². The fourth-order valence-corrected chi connectivity index (χ4v) is 7.99. The van der Waals surface area contributed by atoms with Gasteiger partial charge in [0.25, 0.3) is 0 Å². The van der Waals surface area contributed by atoms with E-state index in [9.17, 15) is 14.4 Å². The van der Waals surface area contributed by atoms with Crippen LogP contribution in [0.4, 0.5) is 0 Å². The summed E-state index contributed by atoms with van der Waals surface area (Å²) in [6.07, 6.45) is 80.7. The Balaban J connectivity index is 4.43. The minimum atomic E-state index is -0.797. The van der Waals surface area contributed by atoms with Gasteiger partial charge in [0.2, 0.25) is 0 Å². The number of allylic oxidation sites excluding steroid dienone is 18. The van der Waals surface area contributed by atoms with Crippen LogP contribution in [0.5, 0.6) is 0 Å². The summed E-state index contributed by atoms with van der Waals surface area (Å²) in [5, 5.41) is 0. The monoisotopic (exact) mass is 999 g/mol. The predicted octanol–water partition coefficient (Wildman–Crippen LogP) is 20.3. The van der Waals surface area contributed by atoms with Gasteiger partial charge in [-0.15, -0.1) is 0 Å². The highest BCUT2D eigenvalue weighted by atomic mass is 16.6. The van der Waals surface area contributed by atoms with Gasteiger partial charge in [-0.3, -0.25) is 14.4 Å². The van der Waals surface area contributed by atoms with Crippen molar-refractivity contribution in [3.8, 4) is 0 Å². The molecule has 0 radical (unpaired) electrons. The first-order chi connectivity index (χ1) is 35.5.